The Balaban J connectivity index is 1.36. The monoisotopic (exact) mass is 394 g/mol. The van der Waals surface area contributed by atoms with Gasteiger partial charge in [0.05, 0.1) is 29.7 Å². The number of amides is 1. The van der Waals surface area contributed by atoms with Gasteiger partial charge in [0.25, 0.3) is 0 Å². The van der Waals surface area contributed by atoms with Crippen LogP contribution in [0.5, 0.6) is 0 Å². The van der Waals surface area contributed by atoms with E-state index < -0.39 is 17.8 Å². The molecule has 0 spiro atoms. The standard InChI is InChI=1S/C21H18N2O4S/c24-19(17-15-7-8-16(27-15)18(17)20(25)26)23-21-22-14(10-28-21)13-6-5-11-3-1-2-4-12(11)9-13/h1-6,9-10,15-18H,7-8H2,(H,25,26)(H,22,23,24)/t15-,16+,17+,18-/m1/s1. The van der Waals surface area contributed by atoms with E-state index in [-0.39, 0.29) is 18.1 Å². The highest BCUT2D eigenvalue weighted by molar-refractivity contribution is 7.14. The van der Waals surface area contributed by atoms with Crippen LogP contribution in [0.2, 0.25) is 0 Å². The van der Waals surface area contributed by atoms with Gasteiger partial charge in [-0.1, -0.05) is 36.4 Å². The fourth-order valence-corrected chi connectivity index (χ4v) is 5.05. The minimum Gasteiger partial charge on any atom is -0.481 e. The van der Waals surface area contributed by atoms with Crippen LogP contribution in [0.3, 0.4) is 0 Å². The summed E-state index contributed by atoms with van der Waals surface area (Å²) in [6, 6.07) is 14.2. The number of benzene rings is 2. The quantitative estimate of drug-likeness (QED) is 0.703. The molecule has 142 valence electrons. The van der Waals surface area contributed by atoms with Gasteiger partial charge in [-0.05, 0) is 29.7 Å². The number of carbonyl (C=O) groups is 2. The minimum atomic E-state index is -0.969. The van der Waals surface area contributed by atoms with Crippen LogP contribution in [-0.2, 0) is 14.3 Å². The number of hydrogen-bond donors (Lipinski definition) is 2. The van der Waals surface area contributed by atoms with Gasteiger partial charge in [0, 0.05) is 10.9 Å². The van der Waals surface area contributed by atoms with Gasteiger partial charge >= 0.3 is 5.97 Å². The molecular formula is C21H18N2O4S. The Morgan fingerprint density at radius 3 is 2.61 bits per heavy atom. The molecule has 2 aliphatic rings. The van der Waals surface area contributed by atoms with Gasteiger partial charge < -0.3 is 15.2 Å². The van der Waals surface area contributed by atoms with Gasteiger partial charge in [-0.3, -0.25) is 9.59 Å². The Bertz CT molecular complexity index is 1080. The Labute approximate surface area is 165 Å². The number of fused-ring (bicyclic) bond motifs is 3. The molecular weight excluding hydrogens is 376 g/mol. The van der Waals surface area contributed by atoms with Crippen molar-refractivity contribution in [2.24, 2.45) is 11.8 Å². The second-order valence-electron chi connectivity index (χ2n) is 7.27. The average Bonchev–Trinajstić information content (AvgIpc) is 3.43. The first-order valence-corrected chi connectivity index (χ1v) is 10.1. The molecule has 1 aromatic heterocycles. The third-order valence-corrected chi connectivity index (χ3v) is 6.40. The topological polar surface area (TPSA) is 88.5 Å². The molecule has 2 fully saturated rings. The molecule has 7 heteroatoms. The van der Waals surface area contributed by atoms with E-state index in [0.29, 0.717) is 11.6 Å². The van der Waals surface area contributed by atoms with E-state index in [4.69, 9.17) is 4.74 Å². The van der Waals surface area contributed by atoms with Crippen LogP contribution in [0.25, 0.3) is 22.0 Å². The molecule has 2 saturated heterocycles. The number of carboxylic acid groups (broad SMARTS) is 1. The zero-order chi connectivity index (χ0) is 19.3. The number of aliphatic carboxylic acids is 1. The van der Waals surface area contributed by atoms with Gasteiger partial charge in [0.2, 0.25) is 5.91 Å². The molecule has 0 radical (unpaired) electrons. The zero-order valence-corrected chi connectivity index (χ0v) is 15.7. The highest BCUT2D eigenvalue weighted by atomic mass is 32.1. The molecule has 6 nitrogen and oxygen atoms in total. The SMILES string of the molecule is O=C(Nc1nc(-c2ccc3ccccc3c2)cs1)[C@@H]1[C@H](C(=O)O)[C@@H]2CC[C@H]1O2. The first kappa shape index (κ1) is 17.3. The van der Waals surface area contributed by atoms with Crippen molar-refractivity contribution in [1.29, 1.82) is 0 Å². The molecule has 28 heavy (non-hydrogen) atoms. The lowest BCUT2D eigenvalue weighted by molar-refractivity contribution is -0.147. The molecule has 5 rings (SSSR count). The molecule has 0 unspecified atom stereocenters. The summed E-state index contributed by atoms with van der Waals surface area (Å²) in [6.45, 7) is 0. The highest BCUT2D eigenvalue weighted by Crippen LogP contribution is 2.44. The lowest BCUT2D eigenvalue weighted by atomic mass is 9.79. The van der Waals surface area contributed by atoms with Crippen LogP contribution in [-0.4, -0.2) is 34.2 Å². The smallest absolute Gasteiger partial charge is 0.310 e. The summed E-state index contributed by atoms with van der Waals surface area (Å²) >= 11 is 1.34. The zero-order valence-electron chi connectivity index (χ0n) is 14.9. The third-order valence-electron chi connectivity index (χ3n) is 5.64. The summed E-state index contributed by atoms with van der Waals surface area (Å²) in [4.78, 5) is 28.9. The normalized spacial score (nSPS) is 25.9. The van der Waals surface area contributed by atoms with Crippen molar-refractivity contribution in [2.45, 2.75) is 25.0 Å². The van der Waals surface area contributed by atoms with Crippen molar-refractivity contribution in [2.75, 3.05) is 5.32 Å². The molecule has 1 amide bonds. The second-order valence-corrected chi connectivity index (χ2v) is 8.13. The Morgan fingerprint density at radius 2 is 1.82 bits per heavy atom. The summed E-state index contributed by atoms with van der Waals surface area (Å²) in [5.74, 6) is -2.73. The van der Waals surface area contributed by atoms with E-state index in [1.165, 1.54) is 11.3 Å². The summed E-state index contributed by atoms with van der Waals surface area (Å²) < 4.78 is 5.67. The molecule has 4 atom stereocenters. The van der Waals surface area contributed by atoms with Crippen LogP contribution in [0, 0.1) is 11.8 Å². The number of carboxylic acids is 1. The number of rotatable bonds is 4. The molecule has 2 aliphatic heterocycles. The van der Waals surface area contributed by atoms with Gasteiger partial charge in [-0.25, -0.2) is 4.98 Å². The number of carbonyl (C=O) groups excluding carboxylic acids is 1. The van der Waals surface area contributed by atoms with E-state index in [9.17, 15) is 14.7 Å². The number of hydrogen-bond acceptors (Lipinski definition) is 5. The van der Waals surface area contributed by atoms with Gasteiger partial charge in [0.1, 0.15) is 0 Å². The first-order chi connectivity index (χ1) is 13.6. The van der Waals surface area contributed by atoms with Crippen molar-refractivity contribution in [3.05, 3.63) is 47.8 Å². The Kier molecular flexibility index (Phi) is 4.14. The van der Waals surface area contributed by atoms with Gasteiger partial charge in [-0.15, -0.1) is 11.3 Å². The van der Waals surface area contributed by atoms with E-state index in [0.717, 1.165) is 28.5 Å². The third kappa shape index (κ3) is 2.87. The van der Waals surface area contributed by atoms with Crippen molar-refractivity contribution in [1.82, 2.24) is 4.98 Å². The Morgan fingerprint density at radius 1 is 1.07 bits per heavy atom. The fraction of sp³-hybridized carbons (Fsp3) is 0.286. The maximum Gasteiger partial charge on any atom is 0.310 e. The summed E-state index contributed by atoms with van der Waals surface area (Å²) in [6.07, 6.45) is 0.760. The number of ether oxygens (including phenoxy) is 1. The minimum absolute atomic E-state index is 0.314. The average molecular weight is 394 g/mol. The van der Waals surface area contributed by atoms with Gasteiger partial charge in [-0.2, -0.15) is 0 Å². The van der Waals surface area contributed by atoms with Crippen LogP contribution < -0.4 is 5.32 Å². The second kappa shape index (κ2) is 6.68. The number of aromatic nitrogens is 1. The van der Waals surface area contributed by atoms with Crippen molar-refractivity contribution in [3.63, 3.8) is 0 Å². The number of anilines is 1. The molecule has 2 bridgehead atoms. The largest absolute Gasteiger partial charge is 0.481 e. The molecule has 0 aliphatic carbocycles. The maximum atomic E-state index is 12.8. The number of thiazole rings is 1. The molecule has 2 N–H and O–H groups in total. The van der Waals surface area contributed by atoms with Crippen molar-refractivity contribution in [3.8, 4) is 11.3 Å². The van der Waals surface area contributed by atoms with E-state index in [1.807, 2.05) is 29.6 Å². The first-order valence-electron chi connectivity index (χ1n) is 9.24. The summed E-state index contributed by atoms with van der Waals surface area (Å²) in [5, 5.41) is 16.9. The number of nitrogens with zero attached hydrogens (tertiary/aromatic N) is 1. The van der Waals surface area contributed by atoms with Crippen LogP contribution in [0.1, 0.15) is 12.8 Å². The van der Waals surface area contributed by atoms with Crippen molar-refractivity contribution >= 4 is 39.1 Å². The van der Waals surface area contributed by atoms with Crippen LogP contribution >= 0.6 is 11.3 Å². The van der Waals surface area contributed by atoms with Crippen LogP contribution in [0.15, 0.2) is 47.8 Å². The number of nitrogens with one attached hydrogen (secondary N) is 1. The molecule has 3 aromatic rings. The van der Waals surface area contributed by atoms with E-state index >= 15 is 0 Å². The molecule has 0 saturated carbocycles. The predicted molar refractivity (Wildman–Crippen MR) is 106 cm³/mol. The van der Waals surface area contributed by atoms with Crippen LogP contribution in [0.4, 0.5) is 5.13 Å². The Hall–Kier alpha value is -2.77. The maximum absolute atomic E-state index is 12.8. The van der Waals surface area contributed by atoms with Crippen molar-refractivity contribution < 1.29 is 19.4 Å². The fourth-order valence-electron chi connectivity index (χ4n) is 4.33. The van der Waals surface area contributed by atoms with E-state index in [2.05, 4.69) is 28.5 Å². The molecule has 3 heterocycles. The molecule has 2 aromatic carbocycles. The summed E-state index contributed by atoms with van der Waals surface area (Å²) in [5.41, 5.74) is 1.76. The highest BCUT2D eigenvalue weighted by Gasteiger charge is 2.55. The van der Waals surface area contributed by atoms with Gasteiger partial charge in [0.15, 0.2) is 5.13 Å². The summed E-state index contributed by atoms with van der Waals surface area (Å²) in [7, 11) is 0. The lowest BCUT2D eigenvalue weighted by Gasteiger charge is -2.23. The lowest BCUT2D eigenvalue weighted by Crippen LogP contribution is -2.40. The predicted octanol–water partition coefficient (Wildman–Crippen LogP) is 3.78. The van der Waals surface area contributed by atoms with E-state index in [1.54, 1.807) is 0 Å².